The van der Waals surface area contributed by atoms with Crippen LogP contribution < -0.4 is 5.32 Å². The minimum absolute atomic E-state index is 0.0727. The zero-order chi connectivity index (χ0) is 17.2. The number of halogens is 3. The Morgan fingerprint density at radius 2 is 1.79 bits per heavy atom. The number of hydrogen-bond acceptors (Lipinski definition) is 6. The third-order valence-electron chi connectivity index (χ3n) is 4.16. The molecular weight excluding hydrogens is 323 g/mol. The van der Waals surface area contributed by atoms with Gasteiger partial charge in [-0.2, -0.15) is 17.7 Å². The van der Waals surface area contributed by atoms with Gasteiger partial charge in [-0.25, -0.2) is 0 Å². The first-order valence-corrected chi connectivity index (χ1v) is 7.95. The second-order valence-electron chi connectivity index (χ2n) is 5.71. The minimum Gasteiger partial charge on any atom is -0.367 e. The summed E-state index contributed by atoms with van der Waals surface area (Å²) < 4.78 is 39.3. The molecule has 0 radical (unpaired) electrons. The lowest BCUT2D eigenvalue weighted by atomic mass is 10.3. The Bertz CT molecular complexity index is 677. The Hall–Kier alpha value is -1.94. The van der Waals surface area contributed by atoms with E-state index in [-0.39, 0.29) is 5.65 Å². The molecule has 7 nitrogen and oxygen atoms in total. The molecule has 0 bridgehead atoms. The maximum absolute atomic E-state index is 12.8. The standard InChI is InChI=1S/C14H20F3N7/c1-2-22-7-9-23(10-8-22)6-5-18-11-3-4-12-19-20-13(14(15,16)17)24(12)21-11/h3-4H,2,5-10H2,1H3,(H,18,21). The van der Waals surface area contributed by atoms with Crippen molar-refractivity contribution in [3.05, 3.63) is 18.0 Å². The van der Waals surface area contributed by atoms with Crippen LogP contribution >= 0.6 is 0 Å². The number of hydrogen-bond donors (Lipinski definition) is 1. The van der Waals surface area contributed by atoms with E-state index < -0.39 is 12.0 Å². The summed E-state index contributed by atoms with van der Waals surface area (Å²) in [4.78, 5) is 4.72. The Kier molecular flexibility index (Phi) is 4.86. The summed E-state index contributed by atoms with van der Waals surface area (Å²) in [6.07, 6.45) is -4.58. The Morgan fingerprint density at radius 1 is 1.08 bits per heavy atom. The average molecular weight is 343 g/mol. The third-order valence-corrected chi connectivity index (χ3v) is 4.16. The van der Waals surface area contributed by atoms with Gasteiger partial charge in [0.05, 0.1) is 0 Å². The number of anilines is 1. The lowest BCUT2D eigenvalue weighted by Gasteiger charge is -2.33. The van der Waals surface area contributed by atoms with E-state index >= 15 is 0 Å². The number of nitrogens with one attached hydrogen (secondary N) is 1. The number of piperazine rings is 1. The van der Waals surface area contributed by atoms with Crippen molar-refractivity contribution in [2.24, 2.45) is 0 Å². The molecule has 0 aromatic carbocycles. The van der Waals surface area contributed by atoms with Crippen molar-refractivity contribution in [3.63, 3.8) is 0 Å². The number of rotatable bonds is 5. The van der Waals surface area contributed by atoms with Crippen LogP contribution in [0.4, 0.5) is 19.0 Å². The predicted octanol–water partition coefficient (Wildman–Crippen LogP) is 1.19. The maximum Gasteiger partial charge on any atom is 0.453 e. The molecule has 2 aromatic heterocycles. The highest BCUT2D eigenvalue weighted by atomic mass is 19.4. The van der Waals surface area contributed by atoms with Gasteiger partial charge in [0.25, 0.3) is 5.82 Å². The van der Waals surface area contributed by atoms with E-state index in [1.807, 2.05) is 0 Å². The van der Waals surface area contributed by atoms with E-state index in [1.165, 1.54) is 6.07 Å². The molecule has 24 heavy (non-hydrogen) atoms. The molecule has 0 saturated carbocycles. The quantitative estimate of drug-likeness (QED) is 0.880. The van der Waals surface area contributed by atoms with Crippen LogP contribution in [0.1, 0.15) is 12.7 Å². The molecule has 0 atom stereocenters. The monoisotopic (exact) mass is 343 g/mol. The molecule has 1 fully saturated rings. The molecule has 3 rings (SSSR count). The maximum atomic E-state index is 12.8. The fourth-order valence-corrected chi connectivity index (χ4v) is 2.73. The number of likely N-dealkylation sites (N-methyl/N-ethyl adjacent to an activating group) is 1. The minimum atomic E-state index is -4.58. The SMILES string of the molecule is CCN1CCN(CCNc2ccc3nnc(C(F)(F)F)n3n2)CC1. The topological polar surface area (TPSA) is 61.6 Å². The summed E-state index contributed by atoms with van der Waals surface area (Å²) in [5.41, 5.74) is 0.0727. The fourth-order valence-electron chi connectivity index (χ4n) is 2.73. The van der Waals surface area contributed by atoms with Crippen LogP contribution in [0.3, 0.4) is 0 Å². The first-order chi connectivity index (χ1) is 11.5. The van der Waals surface area contributed by atoms with Gasteiger partial charge in [-0.1, -0.05) is 6.92 Å². The Morgan fingerprint density at radius 3 is 2.46 bits per heavy atom. The number of alkyl halides is 3. The highest BCUT2D eigenvalue weighted by Crippen LogP contribution is 2.27. The van der Waals surface area contributed by atoms with Crippen LogP contribution in [0, 0.1) is 0 Å². The van der Waals surface area contributed by atoms with Gasteiger partial charge in [-0.15, -0.1) is 15.3 Å². The molecular formula is C14H20F3N7. The van der Waals surface area contributed by atoms with E-state index in [0.29, 0.717) is 12.4 Å². The molecule has 10 heteroatoms. The number of fused-ring (bicyclic) bond motifs is 1. The van der Waals surface area contributed by atoms with Crippen molar-refractivity contribution in [1.29, 1.82) is 0 Å². The van der Waals surface area contributed by atoms with Gasteiger partial charge in [-0.3, -0.25) is 4.90 Å². The van der Waals surface area contributed by atoms with Crippen LogP contribution in [0.15, 0.2) is 12.1 Å². The second kappa shape index (κ2) is 6.89. The summed E-state index contributed by atoms with van der Waals surface area (Å²) in [5, 5.41) is 13.7. The van der Waals surface area contributed by atoms with Gasteiger partial charge in [0, 0.05) is 39.3 Å². The van der Waals surface area contributed by atoms with E-state index in [2.05, 4.69) is 37.3 Å². The van der Waals surface area contributed by atoms with Crippen molar-refractivity contribution >= 4 is 11.5 Å². The van der Waals surface area contributed by atoms with Crippen molar-refractivity contribution in [1.82, 2.24) is 29.6 Å². The molecule has 3 heterocycles. The van der Waals surface area contributed by atoms with Crippen LogP contribution in [0.5, 0.6) is 0 Å². The summed E-state index contributed by atoms with van der Waals surface area (Å²) >= 11 is 0. The first kappa shape index (κ1) is 16.9. The largest absolute Gasteiger partial charge is 0.453 e. The third kappa shape index (κ3) is 3.75. The molecule has 0 spiro atoms. The second-order valence-corrected chi connectivity index (χ2v) is 5.71. The molecule has 0 amide bonds. The molecule has 2 aromatic rings. The van der Waals surface area contributed by atoms with Gasteiger partial charge in [0.1, 0.15) is 5.82 Å². The lowest BCUT2D eigenvalue weighted by Crippen LogP contribution is -2.47. The summed E-state index contributed by atoms with van der Waals surface area (Å²) in [6, 6.07) is 3.08. The number of aromatic nitrogens is 4. The summed E-state index contributed by atoms with van der Waals surface area (Å²) in [6.45, 7) is 8.78. The van der Waals surface area contributed by atoms with E-state index in [9.17, 15) is 13.2 Å². The van der Waals surface area contributed by atoms with E-state index in [1.54, 1.807) is 6.07 Å². The number of nitrogens with zero attached hydrogens (tertiary/aromatic N) is 6. The van der Waals surface area contributed by atoms with Crippen molar-refractivity contribution in [2.45, 2.75) is 13.1 Å². The average Bonchev–Trinajstić information content (AvgIpc) is 2.99. The summed E-state index contributed by atoms with van der Waals surface area (Å²) in [5.74, 6) is -0.739. The van der Waals surface area contributed by atoms with Gasteiger partial charge < -0.3 is 10.2 Å². The zero-order valence-corrected chi connectivity index (χ0v) is 13.4. The zero-order valence-electron chi connectivity index (χ0n) is 13.4. The van der Waals surface area contributed by atoms with Crippen LogP contribution in [-0.2, 0) is 6.18 Å². The molecule has 0 unspecified atom stereocenters. The van der Waals surface area contributed by atoms with Crippen LogP contribution in [0.25, 0.3) is 5.65 Å². The molecule has 132 valence electrons. The molecule has 0 aliphatic carbocycles. The smallest absolute Gasteiger partial charge is 0.367 e. The highest BCUT2D eigenvalue weighted by molar-refractivity contribution is 5.44. The molecule has 1 aliphatic rings. The van der Waals surface area contributed by atoms with Gasteiger partial charge in [0.15, 0.2) is 5.65 Å². The molecule has 1 aliphatic heterocycles. The van der Waals surface area contributed by atoms with Gasteiger partial charge in [0.2, 0.25) is 0 Å². The van der Waals surface area contributed by atoms with Crippen LogP contribution in [-0.4, -0.2) is 75.4 Å². The fraction of sp³-hybridized carbons (Fsp3) is 0.643. The molecule has 1 N–H and O–H groups in total. The van der Waals surface area contributed by atoms with Gasteiger partial charge >= 0.3 is 6.18 Å². The van der Waals surface area contributed by atoms with Crippen LogP contribution in [0.2, 0.25) is 0 Å². The first-order valence-electron chi connectivity index (χ1n) is 7.95. The van der Waals surface area contributed by atoms with E-state index in [0.717, 1.165) is 43.8 Å². The van der Waals surface area contributed by atoms with Crippen molar-refractivity contribution in [2.75, 3.05) is 51.1 Å². The Balaban J connectivity index is 1.58. The highest BCUT2D eigenvalue weighted by Gasteiger charge is 2.37. The normalized spacial score (nSPS) is 17.5. The van der Waals surface area contributed by atoms with E-state index in [4.69, 9.17) is 0 Å². The van der Waals surface area contributed by atoms with Crippen molar-refractivity contribution < 1.29 is 13.2 Å². The Labute approximate surface area is 137 Å². The predicted molar refractivity (Wildman–Crippen MR) is 82.8 cm³/mol. The van der Waals surface area contributed by atoms with Crippen molar-refractivity contribution in [3.8, 4) is 0 Å². The molecule has 1 saturated heterocycles. The van der Waals surface area contributed by atoms with Gasteiger partial charge in [-0.05, 0) is 18.7 Å². The lowest BCUT2D eigenvalue weighted by molar-refractivity contribution is -0.146. The summed E-state index contributed by atoms with van der Waals surface area (Å²) in [7, 11) is 0.